The standard InChI is InChI=1S/C56H70N4O12S3/c1-38(2)44-37-52(62)60(54(44)63)33-30-57-51(61)29-20-39-18-23-42(24-19-39)72-53-40(21-27-49-55(3,4)45-16-7-8-17-47(45)58(49)32-10-12-35-74(66,67)68)14-13-15-41(53)22-28-50-56(5,6)46-36-43(75(69,70)71)25-26-48(46)59(50)31-9-11-34-73(64)65/h7-8,16-19,21-28,36,38,44H,9-15,20,29-35,37H2,1-6H3,(H3-,57,61,64,65,66,67,68,69,70,71)/p+1. The van der Waals surface area contributed by atoms with Crippen molar-refractivity contribution in [3.05, 3.63) is 130 Å². The van der Waals surface area contributed by atoms with E-state index in [1.54, 1.807) is 6.07 Å². The Morgan fingerprint density at radius 2 is 1.61 bits per heavy atom. The predicted octanol–water partition coefficient (Wildman–Crippen LogP) is 8.74. The maximum atomic E-state index is 12.9. The predicted molar refractivity (Wildman–Crippen MR) is 291 cm³/mol. The highest BCUT2D eigenvalue weighted by molar-refractivity contribution is 7.86. The number of aryl methyl sites for hydroxylation is 1. The lowest BCUT2D eigenvalue weighted by molar-refractivity contribution is -0.438. The van der Waals surface area contributed by atoms with E-state index in [1.165, 1.54) is 17.0 Å². The molecule has 4 aliphatic rings. The number of carbonyl (C=O) groups excluding carboxylic acids is 3. The van der Waals surface area contributed by atoms with E-state index in [-0.39, 0.29) is 71.9 Å². The van der Waals surface area contributed by atoms with Gasteiger partial charge in [-0.25, -0.2) is 4.21 Å². The molecule has 1 aliphatic carbocycles. The Hall–Kier alpha value is -5.57. The van der Waals surface area contributed by atoms with Crippen molar-refractivity contribution < 1.29 is 58.4 Å². The molecule has 3 aromatic rings. The maximum absolute atomic E-state index is 12.9. The SMILES string of the molecule is CC(C)C1CC(=O)N(CCNC(=O)CCc2ccc(OC3=C(/C=C/C4=[N+](CCCCS(=O)(=O)O)c5ccccc5C4(C)C)CCC/C3=C\C=C3\N(CCCCS(=O)O)c4ccc(S(=O)(=O)O)cc4C3(C)C)cc2)C1=O. The van der Waals surface area contributed by atoms with E-state index in [0.717, 1.165) is 51.5 Å². The van der Waals surface area contributed by atoms with Crippen molar-refractivity contribution in [3.8, 4) is 5.75 Å². The van der Waals surface area contributed by atoms with Crippen LogP contribution < -0.4 is 15.0 Å². The smallest absolute Gasteiger partial charge is 0.294 e. The van der Waals surface area contributed by atoms with Gasteiger partial charge in [0.1, 0.15) is 18.1 Å². The molecule has 3 aliphatic heterocycles. The largest absolute Gasteiger partial charge is 0.457 e. The lowest BCUT2D eigenvalue weighted by Gasteiger charge is -2.27. The Labute approximate surface area is 444 Å². The maximum Gasteiger partial charge on any atom is 0.294 e. The molecule has 16 nitrogen and oxygen atoms in total. The zero-order chi connectivity index (χ0) is 54.5. The number of hydrogen-bond acceptors (Lipinski definition) is 10. The Kier molecular flexibility index (Phi) is 18.1. The van der Waals surface area contributed by atoms with Gasteiger partial charge in [0.05, 0.1) is 16.1 Å². The van der Waals surface area contributed by atoms with Crippen LogP contribution in [0.4, 0.5) is 11.4 Å². The fraction of sp³-hybridized carbons (Fsp3) is 0.464. The monoisotopic (exact) mass is 1090 g/mol. The number of hydrogen-bond donors (Lipinski definition) is 4. The first kappa shape index (κ1) is 57.1. The topological polar surface area (TPSA) is 228 Å². The minimum Gasteiger partial charge on any atom is -0.457 e. The van der Waals surface area contributed by atoms with Crippen LogP contribution in [-0.2, 0) is 63.0 Å². The molecule has 1 saturated heterocycles. The number of likely N-dealkylation sites (tertiary alicyclic amines) is 1. The highest BCUT2D eigenvalue weighted by Crippen LogP contribution is 2.49. The van der Waals surface area contributed by atoms with E-state index in [4.69, 9.17) is 4.74 Å². The number of imide groups is 1. The molecule has 3 amide bonds. The summed E-state index contributed by atoms with van der Waals surface area (Å²) < 4.78 is 97.5. The lowest BCUT2D eigenvalue weighted by Crippen LogP contribution is -2.39. The summed E-state index contributed by atoms with van der Waals surface area (Å²) in [5.74, 6) is 0.164. The van der Waals surface area contributed by atoms with Crippen LogP contribution in [0.1, 0.15) is 116 Å². The number of amides is 3. The first-order valence-electron chi connectivity index (χ1n) is 25.7. The summed E-state index contributed by atoms with van der Waals surface area (Å²) in [6.07, 6.45) is 13.2. The van der Waals surface area contributed by atoms with Crippen molar-refractivity contribution >= 4 is 66.1 Å². The van der Waals surface area contributed by atoms with Gasteiger partial charge in [-0.3, -0.25) is 28.4 Å². The second-order valence-corrected chi connectivity index (χ2v) is 25.2. The third-order valence-electron chi connectivity index (χ3n) is 14.8. The molecule has 0 spiro atoms. The number of para-hydroxylation sites is 1. The van der Waals surface area contributed by atoms with Crippen LogP contribution in [0.3, 0.4) is 0 Å². The van der Waals surface area contributed by atoms with Gasteiger partial charge >= 0.3 is 0 Å². The van der Waals surface area contributed by atoms with Crippen molar-refractivity contribution in [2.24, 2.45) is 11.8 Å². The van der Waals surface area contributed by atoms with Gasteiger partial charge in [-0.05, 0) is 129 Å². The summed E-state index contributed by atoms with van der Waals surface area (Å²) in [5, 5.41) is 2.85. The first-order chi connectivity index (χ1) is 35.4. The van der Waals surface area contributed by atoms with Gasteiger partial charge in [0, 0.05) is 85.1 Å². The van der Waals surface area contributed by atoms with Crippen LogP contribution in [0.25, 0.3) is 0 Å². The first-order valence-corrected chi connectivity index (χ1v) is 30.1. The number of carbonyl (C=O) groups is 3. The normalized spacial score (nSPS) is 20.1. The fourth-order valence-electron chi connectivity index (χ4n) is 10.7. The van der Waals surface area contributed by atoms with Crippen molar-refractivity contribution in [3.63, 3.8) is 0 Å². The minimum atomic E-state index is -4.50. The fourth-order valence-corrected chi connectivity index (χ4v) is 12.2. The molecule has 0 saturated carbocycles. The second-order valence-electron chi connectivity index (χ2n) is 21.2. The molecule has 3 aromatic carbocycles. The average molecular weight is 1090 g/mol. The van der Waals surface area contributed by atoms with Crippen molar-refractivity contribution in [1.29, 1.82) is 0 Å². The molecule has 4 N–H and O–H groups in total. The van der Waals surface area contributed by atoms with E-state index in [0.29, 0.717) is 75.1 Å². The van der Waals surface area contributed by atoms with E-state index < -0.39 is 42.1 Å². The summed E-state index contributed by atoms with van der Waals surface area (Å²) in [6.45, 7) is 13.5. The van der Waals surface area contributed by atoms with Gasteiger partial charge in [-0.2, -0.15) is 21.4 Å². The number of fused-ring (bicyclic) bond motifs is 2. The Morgan fingerprint density at radius 1 is 0.880 bits per heavy atom. The number of benzene rings is 3. The molecule has 404 valence electrons. The van der Waals surface area contributed by atoms with Crippen molar-refractivity contribution in [2.45, 2.75) is 121 Å². The zero-order valence-corrected chi connectivity index (χ0v) is 46.2. The molecule has 1 fully saturated rings. The summed E-state index contributed by atoms with van der Waals surface area (Å²) in [7, 11) is -8.60. The Morgan fingerprint density at radius 3 is 2.29 bits per heavy atom. The summed E-state index contributed by atoms with van der Waals surface area (Å²) in [4.78, 5) is 41.2. The van der Waals surface area contributed by atoms with Gasteiger partial charge in [0.2, 0.25) is 23.4 Å². The molecule has 19 heteroatoms. The molecule has 2 atom stereocenters. The average Bonchev–Trinajstić information content (AvgIpc) is 3.84. The summed E-state index contributed by atoms with van der Waals surface area (Å²) in [5.41, 5.74) is 7.13. The molecule has 0 bridgehead atoms. The lowest BCUT2D eigenvalue weighted by atomic mass is 9.81. The van der Waals surface area contributed by atoms with Crippen LogP contribution >= 0.6 is 0 Å². The third kappa shape index (κ3) is 13.7. The minimum absolute atomic E-state index is 0.0605. The number of ether oxygens (including phenoxy) is 1. The van der Waals surface area contributed by atoms with Gasteiger partial charge < -0.3 is 19.5 Å². The Balaban J connectivity index is 1.20. The number of nitrogens with zero attached hydrogens (tertiary/aromatic N) is 3. The van der Waals surface area contributed by atoms with Crippen molar-refractivity contribution in [1.82, 2.24) is 10.2 Å². The van der Waals surface area contributed by atoms with E-state index in [1.807, 2.05) is 76.2 Å². The summed E-state index contributed by atoms with van der Waals surface area (Å²) in [6, 6.07) is 20.3. The molecular formula is C56H71N4O12S3+. The highest BCUT2D eigenvalue weighted by atomic mass is 32.2. The number of anilines is 1. The quantitative estimate of drug-likeness (QED) is 0.0229. The molecule has 0 aromatic heterocycles. The number of nitrogens with one attached hydrogen (secondary N) is 1. The van der Waals surface area contributed by atoms with Gasteiger partial charge in [-0.1, -0.05) is 64.1 Å². The van der Waals surface area contributed by atoms with E-state index in [9.17, 15) is 49.1 Å². The van der Waals surface area contributed by atoms with Crippen LogP contribution in [0.2, 0.25) is 0 Å². The number of allylic oxidation sites excluding steroid dienone is 7. The van der Waals surface area contributed by atoms with Crippen LogP contribution in [0.15, 0.2) is 119 Å². The molecule has 3 heterocycles. The zero-order valence-electron chi connectivity index (χ0n) is 43.7. The molecule has 75 heavy (non-hydrogen) atoms. The van der Waals surface area contributed by atoms with E-state index in [2.05, 4.69) is 52.9 Å². The highest BCUT2D eigenvalue weighted by Gasteiger charge is 2.45. The number of rotatable bonds is 23. The van der Waals surface area contributed by atoms with Crippen LogP contribution in [0.5, 0.6) is 5.75 Å². The molecule has 7 rings (SSSR count). The van der Waals surface area contributed by atoms with Gasteiger partial charge in [0.15, 0.2) is 16.8 Å². The van der Waals surface area contributed by atoms with E-state index >= 15 is 0 Å². The molecule has 0 radical (unpaired) electrons. The number of unbranched alkanes of at least 4 members (excludes halogenated alkanes) is 2. The molecule has 2 unspecified atom stereocenters. The van der Waals surface area contributed by atoms with Crippen LogP contribution in [-0.4, -0.2) is 105 Å². The Bertz CT molecular complexity index is 3100. The van der Waals surface area contributed by atoms with Gasteiger partial charge in [-0.15, -0.1) is 0 Å². The summed E-state index contributed by atoms with van der Waals surface area (Å²) >= 11 is -1.95. The second kappa shape index (κ2) is 23.8. The third-order valence-corrected chi connectivity index (χ3v) is 17.1. The van der Waals surface area contributed by atoms with Crippen LogP contribution in [0, 0.1) is 11.8 Å². The van der Waals surface area contributed by atoms with Gasteiger partial charge in [0.25, 0.3) is 20.2 Å². The molecular weight excluding hydrogens is 1020 g/mol. The van der Waals surface area contributed by atoms with Crippen molar-refractivity contribution in [2.75, 3.05) is 42.6 Å².